The van der Waals surface area contributed by atoms with Crippen LogP contribution in [0.4, 0.5) is 32.0 Å². The summed E-state index contributed by atoms with van der Waals surface area (Å²) in [7, 11) is 0. The molecule has 0 amide bonds. The maximum atomic E-state index is 14.6. The first-order valence-corrected chi connectivity index (χ1v) is 12.0. The smallest absolute Gasteiger partial charge is 0.427 e. The van der Waals surface area contributed by atoms with Gasteiger partial charge in [0.15, 0.2) is 5.69 Å². The normalized spacial score (nSPS) is 18.4. The topological polar surface area (TPSA) is 113 Å². The number of pyridine rings is 1. The van der Waals surface area contributed by atoms with Crippen molar-refractivity contribution in [2.45, 2.75) is 64.1 Å². The molecule has 1 aromatic carbocycles. The number of nitrogen functional groups attached to an aromatic ring is 1. The van der Waals surface area contributed by atoms with Gasteiger partial charge in [-0.05, 0) is 24.5 Å². The van der Waals surface area contributed by atoms with Gasteiger partial charge in [-0.2, -0.15) is 26.3 Å². The zero-order valence-corrected chi connectivity index (χ0v) is 21.0. The lowest BCUT2D eigenvalue weighted by molar-refractivity contribution is -0.297. The van der Waals surface area contributed by atoms with E-state index in [4.69, 9.17) is 19.6 Å². The van der Waals surface area contributed by atoms with Crippen molar-refractivity contribution in [1.82, 2.24) is 15.2 Å². The van der Waals surface area contributed by atoms with Crippen molar-refractivity contribution in [2.75, 3.05) is 12.3 Å². The van der Waals surface area contributed by atoms with E-state index in [2.05, 4.69) is 15.2 Å². The second-order valence-electron chi connectivity index (χ2n) is 8.31. The van der Waals surface area contributed by atoms with Crippen LogP contribution >= 0.6 is 0 Å². The summed E-state index contributed by atoms with van der Waals surface area (Å²) in [5.41, 5.74) is 0.406. The molecule has 3 heterocycles. The summed E-state index contributed by atoms with van der Waals surface area (Å²) < 4.78 is 100. The standard InChI is InChI=1S/C23H20F6N4O4.C2H6/c24-22(25,26)15-10-16(30)17-19-32-33-20(37-19)21(23(27,28)29,36-12-13-6-2-1-3-7-13)11-14(34)8-4-5-9-35-18(15)31-17;1-2/h1-3,6-7,10H,4-5,8-9,11-12,30H2;1-2H3. The lowest BCUT2D eigenvalue weighted by Gasteiger charge is -2.32. The zero-order chi connectivity index (χ0) is 28.8. The Hall–Kier alpha value is -3.68. The van der Waals surface area contributed by atoms with E-state index in [1.165, 1.54) is 12.1 Å². The molecule has 0 spiro atoms. The summed E-state index contributed by atoms with van der Waals surface area (Å²) in [5, 5.41) is 7.00. The number of benzene rings is 1. The number of carbonyl (C=O) groups excluding carboxylic acids is 1. The fourth-order valence-corrected chi connectivity index (χ4v) is 3.71. The van der Waals surface area contributed by atoms with Crippen LogP contribution in [0.5, 0.6) is 5.88 Å². The van der Waals surface area contributed by atoms with E-state index in [0.29, 0.717) is 11.6 Å². The molecule has 1 atom stereocenters. The van der Waals surface area contributed by atoms with E-state index >= 15 is 0 Å². The maximum Gasteiger partial charge on any atom is 0.427 e. The first kappa shape index (κ1) is 29.9. The number of anilines is 1. The molecule has 1 aliphatic heterocycles. The van der Waals surface area contributed by atoms with Gasteiger partial charge in [0, 0.05) is 6.42 Å². The Bertz CT molecular complexity index is 1260. The Kier molecular flexibility index (Phi) is 9.20. The van der Waals surface area contributed by atoms with Crippen LogP contribution in [0, 0.1) is 0 Å². The number of carbonyl (C=O) groups is 1. The average molecular weight is 560 g/mol. The van der Waals surface area contributed by atoms with Crippen molar-refractivity contribution in [3.05, 3.63) is 53.4 Å². The number of fused-ring (bicyclic) bond motifs is 5. The number of aromatic nitrogens is 3. The van der Waals surface area contributed by atoms with Gasteiger partial charge in [-0.3, -0.25) is 4.79 Å². The number of Topliss-reactive ketones (excluding diaryl/α,β-unsaturated/α-hetero) is 1. The number of ether oxygens (including phenoxy) is 2. The third kappa shape index (κ3) is 6.67. The molecule has 1 aliphatic rings. The Morgan fingerprint density at radius 3 is 2.38 bits per heavy atom. The van der Waals surface area contributed by atoms with E-state index in [0.717, 1.165) is 0 Å². The van der Waals surface area contributed by atoms with Crippen molar-refractivity contribution in [3.8, 4) is 17.5 Å². The Morgan fingerprint density at radius 2 is 1.74 bits per heavy atom. The van der Waals surface area contributed by atoms with Crippen LogP contribution < -0.4 is 10.5 Å². The van der Waals surface area contributed by atoms with Gasteiger partial charge in [0.2, 0.25) is 11.5 Å². The fourth-order valence-electron chi connectivity index (χ4n) is 3.71. The Morgan fingerprint density at radius 1 is 1.05 bits per heavy atom. The van der Waals surface area contributed by atoms with Gasteiger partial charge in [0.1, 0.15) is 11.3 Å². The van der Waals surface area contributed by atoms with Crippen LogP contribution in [0.1, 0.15) is 56.5 Å². The Labute approximate surface area is 219 Å². The van der Waals surface area contributed by atoms with Gasteiger partial charge in [0.05, 0.1) is 25.3 Å². The van der Waals surface area contributed by atoms with E-state index in [9.17, 15) is 31.1 Å². The molecule has 0 saturated heterocycles. The first-order valence-electron chi connectivity index (χ1n) is 12.0. The second kappa shape index (κ2) is 12.0. The van der Waals surface area contributed by atoms with Gasteiger partial charge in [-0.1, -0.05) is 44.2 Å². The highest BCUT2D eigenvalue weighted by molar-refractivity contribution is 5.79. The molecule has 212 valence electrons. The Balaban J connectivity index is 0.00000205. The molecule has 0 saturated carbocycles. The molecule has 0 fully saturated rings. The van der Waals surface area contributed by atoms with E-state index in [1.807, 2.05) is 13.8 Å². The summed E-state index contributed by atoms with van der Waals surface area (Å²) in [6.07, 6.45) is -11.4. The minimum Gasteiger partial charge on any atom is -0.477 e. The van der Waals surface area contributed by atoms with Crippen LogP contribution in [0.3, 0.4) is 0 Å². The summed E-state index contributed by atoms with van der Waals surface area (Å²) in [4.78, 5) is 16.4. The molecule has 39 heavy (non-hydrogen) atoms. The molecule has 0 aliphatic carbocycles. The number of nitrogens with zero attached hydrogens (tertiary/aromatic N) is 3. The van der Waals surface area contributed by atoms with Crippen molar-refractivity contribution < 1.29 is 45.0 Å². The van der Waals surface area contributed by atoms with Crippen LogP contribution in [0.25, 0.3) is 11.6 Å². The molecule has 3 aromatic rings. The molecular weight excluding hydrogens is 534 g/mol. The number of hydrogen-bond acceptors (Lipinski definition) is 8. The van der Waals surface area contributed by atoms with E-state index < -0.39 is 71.4 Å². The number of halogens is 6. The SMILES string of the molecule is CC.Nc1cc(C(F)(F)F)c2nc1-c1nnc(o1)C(OCc1ccccc1)(C(F)(F)F)CC(=O)CCCCO2. The van der Waals surface area contributed by atoms with Crippen LogP contribution in [0.2, 0.25) is 0 Å². The largest absolute Gasteiger partial charge is 0.477 e. The van der Waals surface area contributed by atoms with Crippen molar-refractivity contribution in [3.63, 3.8) is 0 Å². The molecule has 4 rings (SSSR count). The number of nitrogens with two attached hydrogens (primary N) is 1. The lowest BCUT2D eigenvalue weighted by Crippen LogP contribution is -2.47. The highest BCUT2D eigenvalue weighted by atomic mass is 19.4. The highest BCUT2D eigenvalue weighted by Gasteiger charge is 2.62. The summed E-state index contributed by atoms with van der Waals surface area (Å²) >= 11 is 0. The van der Waals surface area contributed by atoms with Gasteiger partial charge in [-0.15, -0.1) is 10.2 Å². The van der Waals surface area contributed by atoms with Gasteiger partial charge in [0.25, 0.3) is 11.8 Å². The predicted molar refractivity (Wildman–Crippen MR) is 126 cm³/mol. The molecular formula is C25H26F6N4O4. The fraction of sp³-hybridized carbons (Fsp3) is 0.440. The van der Waals surface area contributed by atoms with Crippen molar-refractivity contribution >= 4 is 11.5 Å². The second-order valence-corrected chi connectivity index (χ2v) is 8.31. The zero-order valence-electron chi connectivity index (χ0n) is 21.0. The van der Waals surface area contributed by atoms with Gasteiger partial charge >= 0.3 is 12.4 Å². The number of rotatable bonds is 3. The molecule has 0 radical (unpaired) electrons. The molecule has 8 nitrogen and oxygen atoms in total. The summed E-state index contributed by atoms with van der Waals surface area (Å²) in [6, 6.07) is 8.45. The van der Waals surface area contributed by atoms with E-state index in [1.54, 1.807) is 18.2 Å². The lowest BCUT2D eigenvalue weighted by atomic mass is 9.93. The van der Waals surface area contributed by atoms with Crippen molar-refractivity contribution in [2.24, 2.45) is 0 Å². The highest BCUT2D eigenvalue weighted by Crippen LogP contribution is 2.47. The third-order valence-electron chi connectivity index (χ3n) is 5.62. The minimum atomic E-state index is -5.19. The minimum absolute atomic E-state index is 0.0454. The van der Waals surface area contributed by atoms with Gasteiger partial charge < -0.3 is 19.6 Å². The van der Waals surface area contributed by atoms with Crippen LogP contribution in [-0.2, 0) is 27.9 Å². The third-order valence-corrected chi connectivity index (χ3v) is 5.62. The monoisotopic (exact) mass is 560 g/mol. The van der Waals surface area contributed by atoms with Crippen molar-refractivity contribution in [1.29, 1.82) is 0 Å². The molecule has 2 aromatic heterocycles. The van der Waals surface area contributed by atoms with Crippen LogP contribution in [0.15, 0.2) is 40.8 Å². The van der Waals surface area contributed by atoms with Gasteiger partial charge in [-0.25, -0.2) is 4.98 Å². The molecule has 2 N–H and O–H groups in total. The quantitative estimate of drug-likeness (QED) is 0.374. The molecule has 14 heteroatoms. The number of hydrogen-bond donors (Lipinski definition) is 1. The molecule has 4 bridgehead atoms. The predicted octanol–water partition coefficient (Wildman–Crippen LogP) is 6.26. The summed E-state index contributed by atoms with van der Waals surface area (Å²) in [6.45, 7) is 3.17. The molecule has 1 unspecified atom stereocenters. The van der Waals surface area contributed by atoms with Crippen LogP contribution in [-0.4, -0.2) is 33.7 Å². The number of ketones is 1. The number of alkyl halides is 6. The van der Waals surface area contributed by atoms with E-state index in [-0.39, 0.29) is 25.9 Å². The summed E-state index contributed by atoms with van der Waals surface area (Å²) in [5.74, 6) is -3.50. The maximum absolute atomic E-state index is 14.6. The first-order chi connectivity index (χ1) is 18.4. The average Bonchev–Trinajstić information content (AvgIpc) is 3.37.